The van der Waals surface area contributed by atoms with Gasteiger partial charge in [0.05, 0.1) is 0 Å². The van der Waals surface area contributed by atoms with E-state index in [0.29, 0.717) is 5.41 Å². The molecule has 1 aliphatic rings. The van der Waals surface area contributed by atoms with Crippen LogP contribution in [-0.4, -0.2) is 0 Å². The van der Waals surface area contributed by atoms with Crippen molar-refractivity contribution in [1.29, 1.82) is 0 Å². The summed E-state index contributed by atoms with van der Waals surface area (Å²) < 4.78 is 0. The Morgan fingerprint density at radius 1 is 1.11 bits per heavy atom. The SMILES string of the molecule is CCCCC(C)CC1CC(C)C(CC)(CCCC)C1. The average Bonchev–Trinajstić information content (AvgIpc) is 2.70. The maximum atomic E-state index is 2.54. The minimum Gasteiger partial charge on any atom is -0.0654 e. The second-order valence-electron chi connectivity index (χ2n) is 7.51. The monoisotopic (exact) mass is 266 g/mol. The van der Waals surface area contributed by atoms with Gasteiger partial charge >= 0.3 is 0 Å². The zero-order chi connectivity index (χ0) is 14.3. The topological polar surface area (TPSA) is 0 Å². The summed E-state index contributed by atoms with van der Waals surface area (Å²) in [5.74, 6) is 2.95. The van der Waals surface area contributed by atoms with Gasteiger partial charge in [0, 0.05) is 0 Å². The van der Waals surface area contributed by atoms with Crippen LogP contribution in [-0.2, 0) is 0 Å². The molecule has 0 bridgehead atoms. The van der Waals surface area contributed by atoms with E-state index in [1.807, 2.05) is 0 Å². The van der Waals surface area contributed by atoms with E-state index in [1.54, 1.807) is 0 Å². The van der Waals surface area contributed by atoms with Crippen molar-refractivity contribution in [3.05, 3.63) is 0 Å². The summed E-state index contributed by atoms with van der Waals surface area (Å²) in [7, 11) is 0. The Morgan fingerprint density at radius 3 is 2.37 bits per heavy atom. The first-order valence-corrected chi connectivity index (χ1v) is 9.07. The minimum atomic E-state index is 0.700. The van der Waals surface area contributed by atoms with Crippen molar-refractivity contribution in [3.8, 4) is 0 Å². The zero-order valence-electron chi connectivity index (χ0n) is 14.3. The fraction of sp³-hybridized carbons (Fsp3) is 1.00. The van der Waals surface area contributed by atoms with Gasteiger partial charge in [-0.15, -0.1) is 0 Å². The molecule has 0 aliphatic heterocycles. The highest BCUT2D eigenvalue weighted by Crippen LogP contribution is 2.53. The molecule has 4 unspecified atom stereocenters. The molecule has 114 valence electrons. The lowest BCUT2D eigenvalue weighted by molar-refractivity contribution is 0.176. The van der Waals surface area contributed by atoms with Crippen LogP contribution in [0.1, 0.15) is 98.8 Å². The van der Waals surface area contributed by atoms with Gasteiger partial charge < -0.3 is 0 Å². The van der Waals surface area contributed by atoms with Gasteiger partial charge in [-0.1, -0.05) is 73.1 Å². The third-order valence-corrected chi connectivity index (χ3v) is 5.95. The summed E-state index contributed by atoms with van der Waals surface area (Å²) in [5.41, 5.74) is 0.700. The largest absolute Gasteiger partial charge is 0.0654 e. The van der Waals surface area contributed by atoms with Crippen molar-refractivity contribution in [1.82, 2.24) is 0 Å². The number of unbranched alkanes of at least 4 members (excludes halogenated alkanes) is 2. The van der Waals surface area contributed by atoms with Crippen LogP contribution in [0.25, 0.3) is 0 Å². The summed E-state index contributed by atoms with van der Waals surface area (Å²) >= 11 is 0. The first-order valence-electron chi connectivity index (χ1n) is 9.07. The molecule has 1 aliphatic carbocycles. The van der Waals surface area contributed by atoms with Gasteiger partial charge in [-0.2, -0.15) is 0 Å². The Hall–Kier alpha value is 0. The lowest BCUT2D eigenvalue weighted by Crippen LogP contribution is -2.22. The van der Waals surface area contributed by atoms with Gasteiger partial charge in [-0.3, -0.25) is 0 Å². The molecule has 0 aromatic carbocycles. The molecule has 0 amide bonds. The molecule has 1 saturated carbocycles. The average molecular weight is 267 g/mol. The van der Waals surface area contributed by atoms with E-state index in [1.165, 1.54) is 64.2 Å². The molecule has 19 heavy (non-hydrogen) atoms. The normalized spacial score (nSPS) is 32.7. The summed E-state index contributed by atoms with van der Waals surface area (Å²) in [6, 6.07) is 0. The predicted octanol–water partition coefficient (Wildman–Crippen LogP) is 6.84. The van der Waals surface area contributed by atoms with Crippen LogP contribution >= 0.6 is 0 Å². The molecular formula is C19H38. The first kappa shape index (κ1) is 17.1. The zero-order valence-corrected chi connectivity index (χ0v) is 14.3. The van der Waals surface area contributed by atoms with Crippen molar-refractivity contribution >= 4 is 0 Å². The molecule has 0 aromatic heterocycles. The van der Waals surface area contributed by atoms with Crippen molar-refractivity contribution in [2.45, 2.75) is 98.8 Å². The Balaban J connectivity index is 2.47. The third kappa shape index (κ3) is 4.80. The van der Waals surface area contributed by atoms with Gasteiger partial charge in [0.25, 0.3) is 0 Å². The van der Waals surface area contributed by atoms with Gasteiger partial charge in [-0.05, 0) is 48.9 Å². The molecular weight excluding hydrogens is 228 g/mol. The van der Waals surface area contributed by atoms with E-state index < -0.39 is 0 Å². The molecule has 0 radical (unpaired) electrons. The smallest absolute Gasteiger partial charge is 0.0272 e. The van der Waals surface area contributed by atoms with Crippen LogP contribution in [0, 0.1) is 23.2 Å². The van der Waals surface area contributed by atoms with Crippen molar-refractivity contribution in [3.63, 3.8) is 0 Å². The molecule has 4 atom stereocenters. The van der Waals surface area contributed by atoms with E-state index in [2.05, 4.69) is 34.6 Å². The molecule has 0 N–H and O–H groups in total. The van der Waals surface area contributed by atoms with Gasteiger partial charge in [0.15, 0.2) is 0 Å². The minimum absolute atomic E-state index is 0.700. The quantitative estimate of drug-likeness (QED) is 0.429. The summed E-state index contributed by atoms with van der Waals surface area (Å²) in [6.07, 6.45) is 14.5. The van der Waals surface area contributed by atoms with Crippen molar-refractivity contribution < 1.29 is 0 Å². The fourth-order valence-corrected chi connectivity index (χ4v) is 4.58. The second kappa shape index (κ2) is 8.32. The lowest BCUT2D eigenvalue weighted by atomic mass is 9.72. The highest BCUT2D eigenvalue weighted by molar-refractivity contribution is 4.93. The highest BCUT2D eigenvalue weighted by Gasteiger charge is 2.42. The van der Waals surface area contributed by atoms with Crippen LogP contribution in [0.5, 0.6) is 0 Å². The maximum Gasteiger partial charge on any atom is -0.0272 e. The number of rotatable bonds is 9. The standard InChI is InChI=1S/C19H38/c1-6-9-11-16(4)13-18-14-17(5)19(8-3,15-18)12-10-7-2/h16-18H,6-15H2,1-5H3. The van der Waals surface area contributed by atoms with E-state index >= 15 is 0 Å². The van der Waals surface area contributed by atoms with Gasteiger partial charge in [0.1, 0.15) is 0 Å². The maximum absolute atomic E-state index is 2.54. The molecule has 1 fully saturated rings. The Bertz CT molecular complexity index is 232. The van der Waals surface area contributed by atoms with Gasteiger partial charge in [0.2, 0.25) is 0 Å². The molecule has 0 aromatic rings. The Labute approximate surface area is 122 Å². The fourth-order valence-electron chi connectivity index (χ4n) is 4.58. The Morgan fingerprint density at radius 2 is 1.79 bits per heavy atom. The van der Waals surface area contributed by atoms with E-state index in [-0.39, 0.29) is 0 Å². The Kier molecular flexibility index (Phi) is 7.47. The molecule has 0 nitrogen and oxygen atoms in total. The van der Waals surface area contributed by atoms with E-state index in [9.17, 15) is 0 Å². The summed E-state index contributed by atoms with van der Waals surface area (Å²) in [4.78, 5) is 0. The predicted molar refractivity (Wildman–Crippen MR) is 87.4 cm³/mol. The van der Waals surface area contributed by atoms with Crippen LogP contribution in [0.15, 0.2) is 0 Å². The van der Waals surface area contributed by atoms with Crippen molar-refractivity contribution in [2.24, 2.45) is 23.2 Å². The highest BCUT2D eigenvalue weighted by atomic mass is 14.5. The summed E-state index contributed by atoms with van der Waals surface area (Å²) in [6.45, 7) is 12.1. The van der Waals surface area contributed by atoms with E-state index in [4.69, 9.17) is 0 Å². The van der Waals surface area contributed by atoms with Crippen LogP contribution in [0.4, 0.5) is 0 Å². The molecule has 0 saturated heterocycles. The van der Waals surface area contributed by atoms with Crippen molar-refractivity contribution in [2.75, 3.05) is 0 Å². The molecule has 0 heterocycles. The first-order chi connectivity index (χ1) is 9.07. The molecule has 0 heteroatoms. The molecule has 0 spiro atoms. The van der Waals surface area contributed by atoms with Crippen LogP contribution < -0.4 is 0 Å². The summed E-state index contributed by atoms with van der Waals surface area (Å²) in [5, 5.41) is 0. The number of hydrogen-bond donors (Lipinski definition) is 0. The van der Waals surface area contributed by atoms with Crippen LogP contribution in [0.2, 0.25) is 0 Å². The third-order valence-electron chi connectivity index (χ3n) is 5.95. The van der Waals surface area contributed by atoms with Crippen LogP contribution in [0.3, 0.4) is 0 Å². The lowest BCUT2D eigenvalue weighted by Gasteiger charge is -2.33. The second-order valence-corrected chi connectivity index (χ2v) is 7.51. The van der Waals surface area contributed by atoms with E-state index in [0.717, 1.165) is 17.8 Å². The molecule has 1 rings (SSSR count). The number of hydrogen-bond acceptors (Lipinski definition) is 0. The van der Waals surface area contributed by atoms with Gasteiger partial charge in [-0.25, -0.2) is 0 Å².